The Morgan fingerprint density at radius 3 is 2.70 bits per heavy atom. The summed E-state index contributed by atoms with van der Waals surface area (Å²) >= 11 is 7.67. The first-order valence-corrected chi connectivity index (χ1v) is 10.5. The average Bonchev–Trinajstić information content (AvgIpc) is 2.91. The summed E-state index contributed by atoms with van der Waals surface area (Å²) in [5.41, 5.74) is 0.755. The van der Waals surface area contributed by atoms with Gasteiger partial charge in [0.05, 0.1) is 11.4 Å². The predicted molar refractivity (Wildman–Crippen MR) is 120 cm³/mol. The molecule has 0 saturated heterocycles. The molecule has 2 N–H and O–H groups in total. The van der Waals surface area contributed by atoms with Crippen LogP contribution in [-0.4, -0.2) is 20.4 Å². The van der Waals surface area contributed by atoms with E-state index in [1.165, 1.54) is 6.08 Å². The second-order valence-corrected chi connectivity index (χ2v) is 8.43. The van der Waals surface area contributed by atoms with Crippen LogP contribution in [-0.2, 0) is 6.54 Å². The lowest BCUT2D eigenvalue weighted by Gasteiger charge is -2.17. The van der Waals surface area contributed by atoms with Crippen molar-refractivity contribution in [3.63, 3.8) is 0 Å². The van der Waals surface area contributed by atoms with Gasteiger partial charge in [-0.15, -0.1) is 18.3 Å². The van der Waals surface area contributed by atoms with Gasteiger partial charge in [-0.25, -0.2) is 4.79 Å². The number of aliphatic imine (C=N–C) groups is 1. The average molecular weight is 440 g/mol. The smallest absolute Gasteiger partial charge is 0.331 e. The lowest BCUT2D eigenvalue weighted by molar-refractivity contribution is 0.409. The van der Waals surface area contributed by atoms with Crippen LogP contribution in [0.3, 0.4) is 0 Å². The highest BCUT2D eigenvalue weighted by atomic mass is 35.5. The lowest BCUT2D eigenvalue weighted by Crippen LogP contribution is -2.34. The van der Waals surface area contributed by atoms with Crippen LogP contribution in [0.15, 0.2) is 80.7 Å². The van der Waals surface area contributed by atoms with Gasteiger partial charge in [0.25, 0.3) is 5.56 Å². The maximum Gasteiger partial charge on any atom is 0.331 e. The lowest BCUT2D eigenvalue weighted by atomic mass is 10.0. The standard InChI is InChI=1S/C22H18ClN3O3S/c1-2-11-26-21(28)19(20(27)25-22(26)29)16-12-18(13-7-9-14(23)10-8-13)30-17-6-4-3-5-15(17)24-16/h2-10,18,28H,1,11-12H2,(H,25,27,29)/t18-/m0/s1. The molecule has 0 aliphatic carbocycles. The highest BCUT2D eigenvalue weighted by molar-refractivity contribution is 7.99. The highest BCUT2D eigenvalue weighted by Gasteiger charge is 2.27. The molecule has 0 fully saturated rings. The van der Waals surface area contributed by atoms with E-state index in [2.05, 4.69) is 11.6 Å². The summed E-state index contributed by atoms with van der Waals surface area (Å²) in [6.45, 7) is 3.66. The van der Waals surface area contributed by atoms with Crippen molar-refractivity contribution in [1.29, 1.82) is 0 Å². The molecule has 3 aromatic rings. The number of hydrogen-bond acceptors (Lipinski definition) is 5. The van der Waals surface area contributed by atoms with Crippen molar-refractivity contribution in [1.82, 2.24) is 9.55 Å². The number of allylic oxidation sites excluding steroid dienone is 1. The zero-order valence-corrected chi connectivity index (χ0v) is 17.4. The van der Waals surface area contributed by atoms with Crippen LogP contribution < -0.4 is 11.2 Å². The van der Waals surface area contributed by atoms with Gasteiger partial charge in [0.2, 0.25) is 5.88 Å². The molecule has 152 valence electrons. The summed E-state index contributed by atoms with van der Waals surface area (Å²) in [5, 5.41) is 11.3. The van der Waals surface area contributed by atoms with Gasteiger partial charge in [-0.3, -0.25) is 19.3 Å². The zero-order chi connectivity index (χ0) is 21.3. The van der Waals surface area contributed by atoms with E-state index in [1.807, 2.05) is 48.5 Å². The maximum atomic E-state index is 12.7. The predicted octanol–water partition coefficient (Wildman–Crippen LogP) is 4.44. The summed E-state index contributed by atoms with van der Waals surface area (Å²) in [5.74, 6) is -0.415. The van der Waals surface area contributed by atoms with Gasteiger partial charge in [-0.1, -0.05) is 41.9 Å². The van der Waals surface area contributed by atoms with Crippen molar-refractivity contribution in [2.75, 3.05) is 0 Å². The number of benzene rings is 2. The summed E-state index contributed by atoms with van der Waals surface area (Å²) in [7, 11) is 0. The number of thioether (sulfide) groups is 1. The third kappa shape index (κ3) is 3.86. The molecule has 1 atom stereocenters. The molecule has 1 aliphatic heterocycles. The number of aromatic hydroxyl groups is 1. The van der Waals surface area contributed by atoms with Gasteiger partial charge in [0.15, 0.2) is 0 Å². The highest BCUT2D eigenvalue weighted by Crippen LogP contribution is 2.45. The Bertz CT molecular complexity index is 1260. The summed E-state index contributed by atoms with van der Waals surface area (Å²) in [4.78, 5) is 32.7. The molecule has 0 spiro atoms. The van der Waals surface area contributed by atoms with E-state index in [1.54, 1.807) is 11.8 Å². The van der Waals surface area contributed by atoms with Gasteiger partial charge in [-0.2, -0.15) is 0 Å². The van der Waals surface area contributed by atoms with Crippen LogP contribution in [0.4, 0.5) is 5.69 Å². The monoisotopic (exact) mass is 439 g/mol. The second kappa shape index (κ2) is 8.38. The summed E-state index contributed by atoms with van der Waals surface area (Å²) in [6.07, 6.45) is 1.85. The summed E-state index contributed by atoms with van der Waals surface area (Å²) in [6, 6.07) is 15.1. The largest absolute Gasteiger partial charge is 0.494 e. The third-order valence-corrected chi connectivity index (χ3v) is 6.36. The van der Waals surface area contributed by atoms with Crippen LogP contribution in [0.2, 0.25) is 5.02 Å². The van der Waals surface area contributed by atoms with E-state index >= 15 is 0 Å². The van der Waals surface area contributed by atoms with Gasteiger partial charge in [0, 0.05) is 28.1 Å². The number of H-pyrrole nitrogens is 1. The first-order chi connectivity index (χ1) is 14.5. The SMILES string of the molecule is C=CCn1c(O)c(C2=Nc3ccccc3S[C@H](c3ccc(Cl)cc3)C2)c(=O)[nH]c1=O. The van der Waals surface area contributed by atoms with Crippen molar-refractivity contribution in [2.45, 2.75) is 23.1 Å². The Labute approximate surface area is 181 Å². The van der Waals surface area contributed by atoms with E-state index in [-0.39, 0.29) is 17.4 Å². The van der Waals surface area contributed by atoms with Crippen LogP contribution in [0.25, 0.3) is 0 Å². The molecule has 1 aromatic heterocycles. The molecule has 2 aromatic carbocycles. The Hall–Kier alpha value is -3.03. The van der Waals surface area contributed by atoms with E-state index in [0.717, 1.165) is 15.0 Å². The van der Waals surface area contributed by atoms with Crippen molar-refractivity contribution in [3.8, 4) is 5.88 Å². The van der Waals surface area contributed by atoms with Crippen molar-refractivity contribution in [2.24, 2.45) is 4.99 Å². The van der Waals surface area contributed by atoms with Crippen LogP contribution >= 0.6 is 23.4 Å². The van der Waals surface area contributed by atoms with Crippen LogP contribution in [0, 0.1) is 0 Å². The first kappa shape index (κ1) is 20.3. The minimum absolute atomic E-state index is 0.00674. The number of fused-ring (bicyclic) bond motifs is 1. The quantitative estimate of drug-likeness (QED) is 0.588. The second-order valence-electron chi connectivity index (χ2n) is 6.75. The van der Waals surface area contributed by atoms with Crippen LogP contribution in [0.1, 0.15) is 22.8 Å². The van der Waals surface area contributed by atoms with Gasteiger partial charge in [-0.05, 0) is 29.8 Å². The Morgan fingerprint density at radius 2 is 1.97 bits per heavy atom. The maximum absolute atomic E-state index is 12.7. The Kier molecular flexibility index (Phi) is 5.65. The number of para-hydroxylation sites is 1. The minimum Gasteiger partial charge on any atom is -0.494 e. The molecule has 0 bridgehead atoms. The van der Waals surface area contributed by atoms with Crippen molar-refractivity contribution in [3.05, 3.63) is 98.2 Å². The fourth-order valence-corrected chi connectivity index (χ4v) is 4.71. The van der Waals surface area contributed by atoms with Gasteiger partial charge >= 0.3 is 5.69 Å². The van der Waals surface area contributed by atoms with E-state index in [9.17, 15) is 14.7 Å². The zero-order valence-electron chi connectivity index (χ0n) is 15.8. The third-order valence-electron chi connectivity index (χ3n) is 4.78. The number of rotatable bonds is 4. The minimum atomic E-state index is -0.695. The van der Waals surface area contributed by atoms with Crippen molar-refractivity contribution >= 4 is 34.8 Å². The molecule has 0 amide bonds. The molecule has 4 rings (SSSR count). The van der Waals surface area contributed by atoms with E-state index < -0.39 is 17.1 Å². The molecule has 8 heteroatoms. The molecule has 2 heterocycles. The van der Waals surface area contributed by atoms with E-state index in [4.69, 9.17) is 16.6 Å². The molecular formula is C22H18ClN3O3S. The van der Waals surface area contributed by atoms with Gasteiger partial charge < -0.3 is 5.11 Å². The number of halogens is 1. The van der Waals surface area contributed by atoms with Gasteiger partial charge in [0.1, 0.15) is 5.56 Å². The Morgan fingerprint density at radius 1 is 1.23 bits per heavy atom. The number of aromatic nitrogens is 2. The fraction of sp³-hybridized carbons (Fsp3) is 0.136. The number of hydrogen-bond donors (Lipinski definition) is 2. The number of aromatic amines is 1. The number of nitrogens with one attached hydrogen (secondary N) is 1. The topological polar surface area (TPSA) is 87.4 Å². The molecule has 1 aliphatic rings. The molecule has 30 heavy (non-hydrogen) atoms. The fourth-order valence-electron chi connectivity index (χ4n) is 3.35. The first-order valence-electron chi connectivity index (χ1n) is 9.24. The summed E-state index contributed by atoms with van der Waals surface area (Å²) < 4.78 is 1.06. The Balaban J connectivity index is 1.90. The number of nitrogens with zero attached hydrogens (tertiary/aromatic N) is 2. The normalized spacial score (nSPS) is 15.8. The molecule has 6 nitrogen and oxygen atoms in total. The van der Waals surface area contributed by atoms with E-state index in [0.29, 0.717) is 22.8 Å². The van der Waals surface area contributed by atoms with Crippen LogP contribution in [0.5, 0.6) is 5.88 Å². The molecule has 0 unspecified atom stereocenters. The molecular weight excluding hydrogens is 422 g/mol. The molecule has 0 saturated carbocycles. The molecule has 0 radical (unpaired) electrons. The van der Waals surface area contributed by atoms with Crippen molar-refractivity contribution < 1.29 is 5.11 Å².